The van der Waals surface area contributed by atoms with E-state index in [9.17, 15) is 4.39 Å². The number of benzene rings is 1. The zero-order chi connectivity index (χ0) is 11.3. The Bertz CT molecular complexity index is 316. The summed E-state index contributed by atoms with van der Waals surface area (Å²) in [5, 5.41) is 9.14. The molecule has 0 radical (unpaired) electrons. The van der Waals surface area contributed by atoms with Gasteiger partial charge in [-0.25, -0.2) is 4.39 Å². The highest BCUT2D eigenvalue weighted by Gasteiger charge is 2.06. The third-order valence-electron chi connectivity index (χ3n) is 2.01. The van der Waals surface area contributed by atoms with Gasteiger partial charge in [-0.3, -0.25) is 0 Å². The van der Waals surface area contributed by atoms with Crippen LogP contribution in [0, 0.1) is 5.82 Å². The van der Waals surface area contributed by atoms with Gasteiger partial charge >= 0.3 is 0 Å². The molecule has 0 saturated carbocycles. The molecule has 0 bridgehead atoms. The Kier molecular flexibility index (Phi) is 7.10. The molecule has 0 fully saturated rings. The van der Waals surface area contributed by atoms with E-state index in [1.54, 1.807) is 19.1 Å². The Morgan fingerprint density at radius 3 is 2.62 bits per heavy atom. The lowest BCUT2D eigenvalue weighted by Crippen LogP contribution is -2.06. The van der Waals surface area contributed by atoms with Crippen molar-refractivity contribution in [2.75, 3.05) is 6.61 Å². The van der Waals surface area contributed by atoms with Gasteiger partial charge in [0, 0.05) is 12.5 Å². The van der Waals surface area contributed by atoms with Gasteiger partial charge in [0.05, 0.1) is 12.7 Å². The summed E-state index contributed by atoms with van der Waals surface area (Å²) in [4.78, 5) is 0. The standard InChI is InChI=1S/C12H17FO2.ClH/c1-3-6-15-11-5-4-10(7-9(2)14)12(13)8-11;/h4-5,8-9,14H,3,6-7H2,1-2H3;1H. The predicted octanol–water partition coefficient (Wildman–Crippen LogP) is 2.96. The van der Waals surface area contributed by atoms with Crippen molar-refractivity contribution in [1.29, 1.82) is 0 Å². The molecular formula is C12H18ClFO2. The van der Waals surface area contributed by atoms with Crippen LogP contribution in [-0.4, -0.2) is 17.8 Å². The van der Waals surface area contributed by atoms with Crippen molar-refractivity contribution in [3.63, 3.8) is 0 Å². The quantitative estimate of drug-likeness (QED) is 0.868. The summed E-state index contributed by atoms with van der Waals surface area (Å²) in [7, 11) is 0. The van der Waals surface area contributed by atoms with Crippen LogP contribution in [0.1, 0.15) is 25.8 Å². The Balaban J connectivity index is 0.00000225. The second-order valence-corrected chi connectivity index (χ2v) is 3.65. The maximum absolute atomic E-state index is 13.4. The smallest absolute Gasteiger partial charge is 0.130 e. The Morgan fingerprint density at radius 2 is 2.12 bits per heavy atom. The van der Waals surface area contributed by atoms with Gasteiger partial charge in [0.1, 0.15) is 11.6 Å². The summed E-state index contributed by atoms with van der Waals surface area (Å²) in [5.74, 6) is 0.230. The van der Waals surface area contributed by atoms with Crippen LogP contribution < -0.4 is 4.74 Å². The third kappa shape index (κ3) is 4.81. The third-order valence-corrected chi connectivity index (χ3v) is 2.01. The molecule has 1 atom stereocenters. The molecule has 1 aromatic rings. The second-order valence-electron chi connectivity index (χ2n) is 3.65. The van der Waals surface area contributed by atoms with Crippen molar-refractivity contribution in [2.45, 2.75) is 32.8 Å². The lowest BCUT2D eigenvalue weighted by molar-refractivity contribution is 0.194. The summed E-state index contributed by atoms with van der Waals surface area (Å²) >= 11 is 0. The molecule has 0 amide bonds. The van der Waals surface area contributed by atoms with Crippen molar-refractivity contribution < 1.29 is 14.2 Å². The van der Waals surface area contributed by atoms with Gasteiger partial charge in [-0.15, -0.1) is 12.4 Å². The van der Waals surface area contributed by atoms with Crippen LogP contribution in [0.15, 0.2) is 18.2 Å². The summed E-state index contributed by atoms with van der Waals surface area (Å²) in [6, 6.07) is 4.76. The van der Waals surface area contributed by atoms with E-state index < -0.39 is 6.10 Å². The maximum Gasteiger partial charge on any atom is 0.130 e. The highest BCUT2D eigenvalue weighted by atomic mass is 35.5. The zero-order valence-electron chi connectivity index (χ0n) is 9.57. The van der Waals surface area contributed by atoms with E-state index in [0.29, 0.717) is 24.3 Å². The molecule has 16 heavy (non-hydrogen) atoms. The molecule has 0 spiro atoms. The van der Waals surface area contributed by atoms with Crippen LogP contribution in [0.2, 0.25) is 0 Å². The minimum Gasteiger partial charge on any atom is -0.494 e. The molecule has 0 aliphatic heterocycles. The predicted molar refractivity (Wildman–Crippen MR) is 64.8 cm³/mol. The average molecular weight is 249 g/mol. The zero-order valence-corrected chi connectivity index (χ0v) is 10.4. The first-order valence-corrected chi connectivity index (χ1v) is 5.22. The topological polar surface area (TPSA) is 29.5 Å². The molecule has 0 aliphatic rings. The molecule has 0 heterocycles. The SMILES string of the molecule is CCCOc1ccc(CC(C)O)c(F)c1.Cl. The molecule has 92 valence electrons. The van der Waals surface area contributed by atoms with Crippen LogP contribution in [0.25, 0.3) is 0 Å². The molecule has 0 aliphatic carbocycles. The summed E-state index contributed by atoms with van der Waals surface area (Å²) in [6.45, 7) is 4.23. The Morgan fingerprint density at radius 1 is 1.44 bits per heavy atom. The number of hydrogen-bond donors (Lipinski definition) is 1. The summed E-state index contributed by atoms with van der Waals surface area (Å²) < 4.78 is 18.7. The lowest BCUT2D eigenvalue weighted by Gasteiger charge is -2.08. The minimum absolute atomic E-state index is 0. The highest BCUT2D eigenvalue weighted by molar-refractivity contribution is 5.85. The highest BCUT2D eigenvalue weighted by Crippen LogP contribution is 2.18. The van der Waals surface area contributed by atoms with Crippen LogP contribution in [0.5, 0.6) is 5.75 Å². The minimum atomic E-state index is -0.526. The number of aliphatic hydroxyl groups excluding tert-OH is 1. The molecule has 2 nitrogen and oxygen atoms in total. The van der Waals surface area contributed by atoms with E-state index in [1.165, 1.54) is 6.07 Å². The molecule has 1 aromatic carbocycles. The fourth-order valence-electron chi connectivity index (χ4n) is 1.32. The van der Waals surface area contributed by atoms with Crippen molar-refractivity contribution in [3.05, 3.63) is 29.6 Å². The van der Waals surface area contributed by atoms with Crippen LogP contribution in [0.3, 0.4) is 0 Å². The first kappa shape index (κ1) is 15.2. The van der Waals surface area contributed by atoms with Gasteiger partial charge in [0.15, 0.2) is 0 Å². The van der Waals surface area contributed by atoms with Gasteiger partial charge in [0.2, 0.25) is 0 Å². The maximum atomic E-state index is 13.4. The van der Waals surface area contributed by atoms with Gasteiger partial charge < -0.3 is 9.84 Å². The van der Waals surface area contributed by atoms with Crippen LogP contribution in [0.4, 0.5) is 4.39 Å². The monoisotopic (exact) mass is 248 g/mol. The summed E-state index contributed by atoms with van der Waals surface area (Å²) in [5.41, 5.74) is 0.522. The number of halogens is 2. The van der Waals surface area contributed by atoms with Gasteiger partial charge in [-0.1, -0.05) is 13.0 Å². The number of aliphatic hydroxyl groups is 1. The van der Waals surface area contributed by atoms with E-state index in [-0.39, 0.29) is 18.2 Å². The second kappa shape index (κ2) is 7.47. The lowest BCUT2D eigenvalue weighted by atomic mass is 10.1. The number of hydrogen-bond acceptors (Lipinski definition) is 2. The van der Waals surface area contributed by atoms with E-state index in [0.717, 1.165) is 6.42 Å². The van der Waals surface area contributed by atoms with Crippen molar-refractivity contribution >= 4 is 12.4 Å². The molecule has 1 N–H and O–H groups in total. The van der Waals surface area contributed by atoms with Gasteiger partial charge in [0.25, 0.3) is 0 Å². The molecule has 4 heteroatoms. The average Bonchev–Trinajstić information content (AvgIpc) is 2.18. The Hall–Kier alpha value is -0.800. The van der Waals surface area contributed by atoms with Gasteiger partial charge in [-0.05, 0) is 25.0 Å². The molecular weight excluding hydrogens is 231 g/mol. The largest absolute Gasteiger partial charge is 0.494 e. The van der Waals surface area contributed by atoms with Crippen molar-refractivity contribution in [1.82, 2.24) is 0 Å². The van der Waals surface area contributed by atoms with Crippen LogP contribution >= 0.6 is 12.4 Å². The normalized spacial score (nSPS) is 11.8. The number of ether oxygens (including phenoxy) is 1. The fourth-order valence-corrected chi connectivity index (χ4v) is 1.32. The van der Waals surface area contributed by atoms with E-state index in [1.807, 2.05) is 6.92 Å². The molecule has 0 saturated heterocycles. The van der Waals surface area contributed by atoms with Crippen molar-refractivity contribution in [3.8, 4) is 5.75 Å². The van der Waals surface area contributed by atoms with E-state index >= 15 is 0 Å². The van der Waals surface area contributed by atoms with Crippen LogP contribution in [-0.2, 0) is 6.42 Å². The van der Waals surface area contributed by atoms with E-state index in [2.05, 4.69) is 0 Å². The molecule has 1 rings (SSSR count). The van der Waals surface area contributed by atoms with Crippen molar-refractivity contribution in [2.24, 2.45) is 0 Å². The molecule has 1 unspecified atom stereocenters. The van der Waals surface area contributed by atoms with Gasteiger partial charge in [-0.2, -0.15) is 0 Å². The Labute approximate surface area is 102 Å². The first-order valence-electron chi connectivity index (χ1n) is 5.22. The van der Waals surface area contributed by atoms with E-state index in [4.69, 9.17) is 9.84 Å². The first-order chi connectivity index (χ1) is 7.13. The number of rotatable bonds is 5. The fraction of sp³-hybridized carbons (Fsp3) is 0.500. The summed E-state index contributed by atoms with van der Waals surface area (Å²) in [6.07, 6.45) is 0.707. The molecule has 0 aromatic heterocycles.